The summed E-state index contributed by atoms with van der Waals surface area (Å²) in [5, 5.41) is 6.10. The molecule has 0 bridgehead atoms. The first kappa shape index (κ1) is 30.4. The van der Waals surface area contributed by atoms with Crippen LogP contribution < -0.4 is 21.2 Å². The Morgan fingerprint density at radius 1 is 0.368 bits per heavy atom. The van der Waals surface area contributed by atoms with Gasteiger partial charge in [0.05, 0.1) is 49.4 Å². The molecule has 0 aromatic heterocycles. The first-order valence-corrected chi connectivity index (χ1v) is 17.1. The van der Waals surface area contributed by atoms with Crippen molar-refractivity contribution in [2.24, 2.45) is 0 Å². The molecule has 0 amide bonds. The van der Waals surface area contributed by atoms with Crippen molar-refractivity contribution in [3.05, 3.63) is 146 Å². The molecule has 197 valence electrons. The van der Waals surface area contributed by atoms with Crippen LogP contribution in [-0.2, 0) is 20.1 Å². The molecule has 0 heterocycles. The molecular formula is C35H40IrP2+2. The van der Waals surface area contributed by atoms with Crippen LogP contribution in [0, 0.1) is 0 Å². The predicted molar refractivity (Wildman–Crippen MR) is 172 cm³/mol. The summed E-state index contributed by atoms with van der Waals surface area (Å²) in [5.74, 6) is 0. The topological polar surface area (TPSA) is 0 Å². The van der Waals surface area contributed by atoms with Crippen LogP contribution in [-0.4, -0.2) is 12.3 Å². The van der Waals surface area contributed by atoms with Gasteiger partial charge in [-0.15, -0.1) is 0 Å². The molecule has 0 unspecified atom stereocenters. The number of benzene rings is 4. The maximum absolute atomic E-state index is 2.32. The molecule has 5 rings (SSSR count). The average molecular weight is 715 g/mol. The van der Waals surface area contributed by atoms with Gasteiger partial charge < -0.3 is 0 Å². The molecule has 3 heteroatoms. The molecule has 0 N–H and O–H groups in total. The zero-order valence-electron chi connectivity index (χ0n) is 22.1. The van der Waals surface area contributed by atoms with Gasteiger partial charge in [0.2, 0.25) is 0 Å². The van der Waals surface area contributed by atoms with Crippen LogP contribution in [0.5, 0.6) is 0 Å². The van der Waals surface area contributed by atoms with Crippen LogP contribution in [0.25, 0.3) is 0 Å². The Labute approximate surface area is 246 Å². The minimum atomic E-state index is -0.742. The molecule has 1 aliphatic carbocycles. The van der Waals surface area contributed by atoms with E-state index >= 15 is 0 Å². The summed E-state index contributed by atoms with van der Waals surface area (Å²) in [5.41, 5.74) is 0. The Morgan fingerprint density at radius 2 is 0.605 bits per heavy atom. The fourth-order valence-corrected chi connectivity index (χ4v) is 10.4. The zero-order valence-corrected chi connectivity index (χ0v) is 26.5. The summed E-state index contributed by atoms with van der Waals surface area (Å²) < 4.78 is 0. The number of hydrogen-bond donors (Lipinski definition) is 0. The van der Waals surface area contributed by atoms with Crippen molar-refractivity contribution in [2.45, 2.75) is 32.1 Å². The van der Waals surface area contributed by atoms with Crippen molar-refractivity contribution in [3.63, 3.8) is 0 Å². The standard InChI is InChI=1S/C27H26P2.C8H12.Ir/c1-5-14-24(15-6-1)28(25-16-7-2-8-17-25)22-13-23-29(26-18-9-3-10-19-26)27-20-11-4-12-21-27;1-2-4-6-8-7-5-3-1;/h1-12,14-21H,13,22-23H2;1-2,7-8H,3-6H2;/p+2. The Bertz CT molecular complexity index is 1000. The summed E-state index contributed by atoms with van der Waals surface area (Å²) in [6, 6.07) is 44.6. The zero-order chi connectivity index (χ0) is 25.4. The molecule has 0 spiro atoms. The van der Waals surface area contributed by atoms with Crippen molar-refractivity contribution in [3.8, 4) is 0 Å². The maximum Gasteiger partial charge on any atom is 0.0966 e. The van der Waals surface area contributed by atoms with Crippen molar-refractivity contribution < 1.29 is 20.1 Å². The SMILES string of the molecule is C1=CCCC=CCC1.[Ir].c1ccc([PH+](CCC[PH+](c2ccccc2)c2ccccc2)c2ccccc2)cc1. The molecule has 4 aromatic rings. The van der Waals surface area contributed by atoms with Gasteiger partial charge in [-0.05, 0) is 74.2 Å². The largest absolute Gasteiger partial charge is 0.0966 e. The normalized spacial score (nSPS) is 12.7. The average Bonchev–Trinajstić information content (AvgIpc) is 2.95. The van der Waals surface area contributed by atoms with Crippen molar-refractivity contribution >= 4 is 37.1 Å². The third kappa shape index (κ3) is 10.2. The molecule has 38 heavy (non-hydrogen) atoms. The van der Waals surface area contributed by atoms with Gasteiger partial charge >= 0.3 is 0 Å². The van der Waals surface area contributed by atoms with Gasteiger partial charge in [-0.2, -0.15) is 0 Å². The summed E-state index contributed by atoms with van der Waals surface area (Å²) >= 11 is 0. The van der Waals surface area contributed by atoms with Gasteiger partial charge in [-0.25, -0.2) is 0 Å². The van der Waals surface area contributed by atoms with Crippen LogP contribution in [0.4, 0.5) is 0 Å². The maximum atomic E-state index is 2.32. The van der Waals surface area contributed by atoms with Gasteiger partial charge in [0.1, 0.15) is 0 Å². The van der Waals surface area contributed by atoms with Gasteiger partial charge in [-0.1, -0.05) is 97.1 Å². The fourth-order valence-electron chi connectivity index (χ4n) is 4.77. The van der Waals surface area contributed by atoms with E-state index in [9.17, 15) is 0 Å². The number of allylic oxidation sites excluding steroid dienone is 4. The molecule has 0 fully saturated rings. The Kier molecular flexibility index (Phi) is 14.6. The molecule has 0 atom stereocenters. The molecule has 0 saturated carbocycles. The summed E-state index contributed by atoms with van der Waals surface area (Å²) in [6.45, 7) is 0. The minimum Gasteiger partial charge on any atom is -0.0882 e. The monoisotopic (exact) mass is 715 g/mol. The van der Waals surface area contributed by atoms with Crippen LogP contribution in [0.2, 0.25) is 0 Å². The van der Waals surface area contributed by atoms with Gasteiger partial charge in [-0.3, -0.25) is 0 Å². The van der Waals surface area contributed by atoms with Crippen molar-refractivity contribution in [1.29, 1.82) is 0 Å². The van der Waals surface area contributed by atoms with E-state index in [-0.39, 0.29) is 20.1 Å². The molecule has 1 aliphatic rings. The van der Waals surface area contributed by atoms with E-state index in [1.165, 1.54) is 65.6 Å². The first-order valence-electron chi connectivity index (χ1n) is 13.6. The van der Waals surface area contributed by atoms with Crippen LogP contribution in [0.3, 0.4) is 0 Å². The van der Waals surface area contributed by atoms with Crippen molar-refractivity contribution in [2.75, 3.05) is 12.3 Å². The molecule has 0 nitrogen and oxygen atoms in total. The van der Waals surface area contributed by atoms with Crippen LogP contribution in [0.1, 0.15) is 32.1 Å². The molecule has 0 aliphatic heterocycles. The van der Waals surface area contributed by atoms with Crippen molar-refractivity contribution in [1.82, 2.24) is 0 Å². The van der Waals surface area contributed by atoms with E-state index in [2.05, 4.69) is 146 Å². The Morgan fingerprint density at radius 3 is 0.842 bits per heavy atom. The van der Waals surface area contributed by atoms with Gasteiger partial charge in [0, 0.05) is 26.5 Å². The van der Waals surface area contributed by atoms with E-state index in [1.54, 1.807) is 0 Å². The summed E-state index contributed by atoms with van der Waals surface area (Å²) in [4.78, 5) is 0. The fraction of sp³-hybridized carbons (Fsp3) is 0.200. The van der Waals surface area contributed by atoms with E-state index in [1.807, 2.05) is 0 Å². The van der Waals surface area contributed by atoms with Gasteiger partial charge in [0.15, 0.2) is 0 Å². The number of hydrogen-bond acceptors (Lipinski definition) is 0. The third-order valence-electron chi connectivity index (χ3n) is 6.68. The number of rotatable bonds is 8. The molecule has 1 radical (unpaired) electrons. The molecule has 0 saturated heterocycles. The third-order valence-corrected chi connectivity index (χ3v) is 12.5. The van der Waals surface area contributed by atoms with E-state index in [0.717, 1.165) is 0 Å². The van der Waals surface area contributed by atoms with E-state index in [4.69, 9.17) is 0 Å². The second kappa shape index (κ2) is 18.2. The summed E-state index contributed by atoms with van der Waals surface area (Å²) in [7, 11) is -1.48. The summed E-state index contributed by atoms with van der Waals surface area (Å²) in [6.07, 6.45) is 17.8. The Balaban J connectivity index is 0.000000382. The minimum absolute atomic E-state index is 0. The first-order chi connectivity index (χ1) is 18.4. The molecular weight excluding hydrogens is 675 g/mol. The van der Waals surface area contributed by atoms with Gasteiger partial charge in [0.25, 0.3) is 0 Å². The second-order valence-electron chi connectivity index (χ2n) is 9.37. The molecule has 4 aromatic carbocycles. The second-order valence-corrected chi connectivity index (χ2v) is 14.6. The van der Waals surface area contributed by atoms with Crippen LogP contribution in [0.15, 0.2) is 146 Å². The van der Waals surface area contributed by atoms with E-state index in [0.29, 0.717) is 0 Å². The quantitative estimate of drug-likeness (QED) is 0.129. The Hall–Kier alpha value is -2.13. The van der Waals surface area contributed by atoms with E-state index < -0.39 is 15.8 Å². The van der Waals surface area contributed by atoms with Crippen LogP contribution >= 0.6 is 15.8 Å². The predicted octanol–water partition coefficient (Wildman–Crippen LogP) is 7.78. The smallest absolute Gasteiger partial charge is 0.0882 e.